The Hall–Kier alpha value is -7.94. The van der Waals surface area contributed by atoms with Gasteiger partial charge in [0.1, 0.15) is 0 Å². The number of anilines is 6. The zero-order valence-electron chi connectivity index (χ0n) is 33.5. The Balaban J connectivity index is 1.23. The number of nitrogens with zero attached hydrogens (tertiary/aromatic N) is 2. The molecule has 10 aromatic carbocycles. The molecule has 0 saturated carbocycles. The van der Waals surface area contributed by atoms with E-state index in [4.69, 9.17) is 0 Å². The number of hydrogen-bond acceptors (Lipinski definition) is 2. The first-order chi connectivity index (χ1) is 30.3. The summed E-state index contributed by atoms with van der Waals surface area (Å²) < 4.78 is 0. The summed E-state index contributed by atoms with van der Waals surface area (Å²) in [5.74, 6) is 0. The van der Waals surface area contributed by atoms with Crippen LogP contribution in [0.25, 0.3) is 44.2 Å². The van der Waals surface area contributed by atoms with Gasteiger partial charge in [-0.05, 0) is 98.9 Å². The van der Waals surface area contributed by atoms with Crippen molar-refractivity contribution in [3.8, 4) is 33.4 Å². The van der Waals surface area contributed by atoms with Crippen LogP contribution < -0.4 is 9.80 Å². The maximum atomic E-state index is 2.51. The average Bonchev–Trinajstić information content (AvgIpc) is 3.80. The van der Waals surface area contributed by atoms with Gasteiger partial charge in [-0.25, -0.2) is 0 Å². The molecular weight excluding hydrogens is 737 g/mol. The van der Waals surface area contributed by atoms with E-state index < -0.39 is 5.41 Å². The first-order valence-electron chi connectivity index (χ1n) is 21.1. The molecule has 0 bridgehead atoms. The second kappa shape index (κ2) is 14.1. The van der Waals surface area contributed by atoms with E-state index in [2.05, 4.69) is 252 Å². The van der Waals surface area contributed by atoms with Crippen molar-refractivity contribution < 1.29 is 0 Å². The fraction of sp³-hybridized carbons (Fsp3) is 0.0169. The molecule has 2 aliphatic rings. The zero-order valence-corrected chi connectivity index (χ0v) is 33.5. The molecule has 0 fully saturated rings. The van der Waals surface area contributed by atoms with Crippen LogP contribution in [0.2, 0.25) is 0 Å². The minimum absolute atomic E-state index is 0.643. The molecule has 0 radical (unpaired) electrons. The van der Waals surface area contributed by atoms with Crippen LogP contribution >= 0.6 is 0 Å². The van der Waals surface area contributed by atoms with Gasteiger partial charge >= 0.3 is 0 Å². The maximum Gasteiger partial charge on any atom is 0.0747 e. The number of rotatable bonds is 7. The van der Waals surface area contributed by atoms with Crippen molar-refractivity contribution in [2.75, 3.05) is 9.80 Å². The number of para-hydroxylation sites is 4. The van der Waals surface area contributed by atoms with Gasteiger partial charge in [-0.15, -0.1) is 0 Å². The number of benzene rings is 10. The van der Waals surface area contributed by atoms with Crippen LogP contribution in [0.1, 0.15) is 22.3 Å². The maximum absolute atomic E-state index is 2.51. The summed E-state index contributed by atoms with van der Waals surface area (Å²) in [7, 11) is 0. The van der Waals surface area contributed by atoms with Crippen LogP contribution in [0, 0.1) is 0 Å². The van der Waals surface area contributed by atoms with Crippen molar-refractivity contribution in [1.29, 1.82) is 0 Å². The molecule has 0 saturated heterocycles. The summed E-state index contributed by atoms with van der Waals surface area (Å²) in [5.41, 5.74) is 18.8. The first-order valence-corrected chi connectivity index (χ1v) is 21.1. The molecule has 0 heterocycles. The summed E-state index contributed by atoms with van der Waals surface area (Å²) in [5, 5.41) is 2.43. The molecule has 0 aromatic heterocycles. The Bertz CT molecular complexity index is 3210. The molecule has 2 heteroatoms. The quantitative estimate of drug-likeness (QED) is 0.159. The molecule has 2 nitrogen and oxygen atoms in total. The lowest BCUT2D eigenvalue weighted by atomic mass is 9.69. The molecular formula is C59H40N2. The fourth-order valence-electron chi connectivity index (χ4n) is 10.5. The van der Waals surface area contributed by atoms with Crippen molar-refractivity contribution in [3.63, 3.8) is 0 Å². The van der Waals surface area contributed by atoms with Crippen molar-refractivity contribution in [1.82, 2.24) is 0 Å². The monoisotopic (exact) mass is 776 g/mol. The van der Waals surface area contributed by atoms with E-state index in [1.807, 2.05) is 0 Å². The van der Waals surface area contributed by atoms with Crippen molar-refractivity contribution >= 4 is 44.9 Å². The van der Waals surface area contributed by atoms with Crippen LogP contribution in [0.4, 0.5) is 34.1 Å². The third-order valence-corrected chi connectivity index (χ3v) is 12.8. The molecule has 1 unspecified atom stereocenters. The van der Waals surface area contributed by atoms with Crippen LogP contribution in [0.15, 0.2) is 243 Å². The molecule has 0 N–H and O–H groups in total. The van der Waals surface area contributed by atoms with Gasteiger partial charge in [0.25, 0.3) is 0 Å². The number of hydrogen-bond donors (Lipinski definition) is 0. The van der Waals surface area contributed by atoms with Gasteiger partial charge < -0.3 is 9.80 Å². The smallest absolute Gasteiger partial charge is 0.0747 e. The SMILES string of the molecule is c1ccc(-c2ccccc2N(c2ccccc2)c2cccc3c2-c2ccccc2C32c3ccccc3-c3cc4ccccc4c(N(c4ccccc4)c4ccccc4)c32)cc1. The largest absolute Gasteiger partial charge is 0.310 e. The van der Waals surface area contributed by atoms with E-state index in [0.29, 0.717) is 0 Å². The molecule has 1 spiro atoms. The van der Waals surface area contributed by atoms with Gasteiger partial charge in [0.05, 0.1) is 22.5 Å². The Kier molecular flexibility index (Phi) is 8.11. The molecule has 2 aliphatic carbocycles. The lowest BCUT2D eigenvalue weighted by Gasteiger charge is -2.37. The van der Waals surface area contributed by atoms with Crippen LogP contribution in [-0.2, 0) is 5.41 Å². The van der Waals surface area contributed by atoms with E-state index >= 15 is 0 Å². The molecule has 1 atom stereocenters. The van der Waals surface area contributed by atoms with E-state index in [-0.39, 0.29) is 0 Å². The summed E-state index contributed by atoms with van der Waals surface area (Å²) >= 11 is 0. The second-order valence-corrected chi connectivity index (χ2v) is 16.0. The van der Waals surface area contributed by atoms with Gasteiger partial charge in [0.15, 0.2) is 0 Å². The highest BCUT2D eigenvalue weighted by Gasteiger charge is 2.54. The fourth-order valence-corrected chi connectivity index (χ4v) is 10.5. The highest BCUT2D eigenvalue weighted by atomic mass is 15.2. The molecule has 0 amide bonds. The van der Waals surface area contributed by atoms with Gasteiger partial charge in [0.2, 0.25) is 0 Å². The minimum atomic E-state index is -0.643. The topological polar surface area (TPSA) is 6.48 Å². The highest BCUT2D eigenvalue weighted by molar-refractivity contribution is 6.11. The number of fused-ring (bicyclic) bond motifs is 11. The van der Waals surface area contributed by atoms with Crippen LogP contribution in [0.3, 0.4) is 0 Å². The molecule has 0 aliphatic heterocycles. The van der Waals surface area contributed by atoms with Crippen molar-refractivity contribution in [3.05, 3.63) is 265 Å². The Morgan fingerprint density at radius 3 is 1.46 bits per heavy atom. The van der Waals surface area contributed by atoms with E-state index in [0.717, 1.165) is 28.4 Å². The third-order valence-electron chi connectivity index (χ3n) is 12.8. The Labute approximate surface area is 356 Å². The second-order valence-electron chi connectivity index (χ2n) is 16.0. The Morgan fingerprint density at radius 1 is 0.311 bits per heavy atom. The van der Waals surface area contributed by atoms with Crippen LogP contribution in [0.5, 0.6) is 0 Å². The molecule has 12 rings (SSSR count). The van der Waals surface area contributed by atoms with Crippen molar-refractivity contribution in [2.45, 2.75) is 5.41 Å². The van der Waals surface area contributed by atoms with Crippen LogP contribution in [-0.4, -0.2) is 0 Å². The summed E-state index contributed by atoms with van der Waals surface area (Å²) in [6.45, 7) is 0. The predicted octanol–water partition coefficient (Wildman–Crippen LogP) is 15.8. The van der Waals surface area contributed by atoms with Gasteiger partial charge in [0, 0.05) is 39.1 Å². The van der Waals surface area contributed by atoms with Crippen molar-refractivity contribution in [2.24, 2.45) is 0 Å². The summed E-state index contributed by atoms with van der Waals surface area (Å²) in [6.07, 6.45) is 0. The lowest BCUT2D eigenvalue weighted by Crippen LogP contribution is -2.28. The molecule has 61 heavy (non-hydrogen) atoms. The van der Waals surface area contributed by atoms with Gasteiger partial charge in [-0.3, -0.25) is 0 Å². The van der Waals surface area contributed by atoms with Gasteiger partial charge in [-0.1, -0.05) is 188 Å². The van der Waals surface area contributed by atoms with E-state index in [9.17, 15) is 0 Å². The minimum Gasteiger partial charge on any atom is -0.310 e. The van der Waals surface area contributed by atoms with Gasteiger partial charge in [-0.2, -0.15) is 0 Å². The summed E-state index contributed by atoms with van der Waals surface area (Å²) in [4.78, 5) is 4.99. The third kappa shape index (κ3) is 5.22. The summed E-state index contributed by atoms with van der Waals surface area (Å²) in [6, 6.07) is 89.1. The average molecular weight is 777 g/mol. The Morgan fingerprint density at radius 2 is 0.787 bits per heavy atom. The lowest BCUT2D eigenvalue weighted by molar-refractivity contribution is 0.794. The van der Waals surface area contributed by atoms with E-state index in [1.165, 1.54) is 72.1 Å². The zero-order chi connectivity index (χ0) is 40.3. The normalized spacial score (nSPS) is 14.3. The first kappa shape index (κ1) is 35.0. The predicted molar refractivity (Wildman–Crippen MR) is 255 cm³/mol. The molecule has 10 aromatic rings. The standard InChI is InChI=1S/C59H40N2/c1-5-22-41(23-6-1)46-31-17-20-38-54(46)61(45-29-11-4-12-30-45)55-39-21-37-53-56(55)49-34-16-19-36-52(49)59(53)51-35-18-15-33-48(51)50-40-42-24-13-14-32-47(42)58(57(50)59)60(43-25-7-2-8-26-43)44-27-9-3-10-28-44/h1-40H. The highest BCUT2D eigenvalue weighted by Crippen LogP contribution is 2.68. The molecule has 286 valence electrons. The van der Waals surface area contributed by atoms with E-state index in [1.54, 1.807) is 0 Å².